The molecule has 3 aliphatic heterocycles. The van der Waals surface area contributed by atoms with E-state index in [-0.39, 0.29) is 28.4 Å². The lowest BCUT2D eigenvalue weighted by atomic mass is 10.0. The molecule has 0 radical (unpaired) electrons. The number of ether oxygens (including phenoxy) is 1. The number of halogens is 1. The molecule has 2 fully saturated rings. The first kappa shape index (κ1) is 24.8. The van der Waals surface area contributed by atoms with Crippen LogP contribution >= 0.6 is 0 Å². The molecule has 2 aromatic carbocycles. The van der Waals surface area contributed by atoms with E-state index in [1.54, 1.807) is 21.7 Å². The average molecular weight is 530 g/mol. The standard InChI is InChI=1S/C28H28FN7O3/c1-3-32-28(31-2)34-12-10-33(11-13-34)27(38)19-16-36-21-6-4-5-7-22(21)39-26-23(36)18(25(19)37)14-20(29)24(26)35-9-8-17(30)15-35/h3-7,14,16-17H,1-2,8-13,15,30H2. The lowest BCUT2D eigenvalue weighted by Gasteiger charge is -2.35. The lowest BCUT2D eigenvalue weighted by Crippen LogP contribution is -2.51. The summed E-state index contributed by atoms with van der Waals surface area (Å²) in [5, 5.41) is 0.0880. The van der Waals surface area contributed by atoms with Gasteiger partial charge in [0.15, 0.2) is 17.3 Å². The molecule has 0 bridgehead atoms. The molecule has 2 saturated heterocycles. The van der Waals surface area contributed by atoms with Gasteiger partial charge < -0.3 is 29.7 Å². The van der Waals surface area contributed by atoms with Crippen LogP contribution in [0, 0.1) is 5.82 Å². The van der Waals surface area contributed by atoms with Crippen LogP contribution in [0.4, 0.5) is 10.1 Å². The van der Waals surface area contributed by atoms with Gasteiger partial charge in [-0.1, -0.05) is 18.7 Å². The minimum Gasteiger partial charge on any atom is -0.451 e. The number of nitrogens with zero attached hydrogens (tertiary/aromatic N) is 6. The van der Waals surface area contributed by atoms with Crippen LogP contribution in [0.5, 0.6) is 11.5 Å². The van der Waals surface area contributed by atoms with Crippen LogP contribution in [0.15, 0.2) is 64.1 Å². The van der Waals surface area contributed by atoms with Gasteiger partial charge in [0.2, 0.25) is 11.4 Å². The summed E-state index contributed by atoms with van der Waals surface area (Å²) >= 11 is 0. The SMILES string of the molecule is C=CN=C(N=C)N1CCN(C(=O)c2cn3c4c(c(N5CCC(N)C5)c(F)cc4c2=O)Oc2ccccc2-3)CC1. The van der Waals surface area contributed by atoms with Crippen LogP contribution in [0.25, 0.3) is 16.6 Å². The zero-order chi connectivity index (χ0) is 27.3. The Morgan fingerprint density at radius 1 is 1.15 bits per heavy atom. The lowest BCUT2D eigenvalue weighted by molar-refractivity contribution is 0.0689. The number of rotatable bonds is 3. The highest BCUT2D eigenvalue weighted by atomic mass is 19.1. The van der Waals surface area contributed by atoms with E-state index >= 15 is 4.39 Å². The van der Waals surface area contributed by atoms with Gasteiger partial charge in [-0.3, -0.25) is 9.59 Å². The second-order valence-corrected chi connectivity index (χ2v) is 9.79. The van der Waals surface area contributed by atoms with E-state index in [1.165, 1.54) is 12.3 Å². The summed E-state index contributed by atoms with van der Waals surface area (Å²) in [7, 11) is 0. The molecule has 1 amide bonds. The van der Waals surface area contributed by atoms with Crippen LogP contribution in [0.2, 0.25) is 0 Å². The number of benzene rings is 2. The summed E-state index contributed by atoms with van der Waals surface area (Å²) in [5.74, 6) is 0.191. The summed E-state index contributed by atoms with van der Waals surface area (Å²) in [6, 6.07) is 8.43. The smallest absolute Gasteiger partial charge is 0.259 e. The van der Waals surface area contributed by atoms with Gasteiger partial charge in [0.1, 0.15) is 16.8 Å². The molecule has 1 unspecified atom stereocenters. The summed E-state index contributed by atoms with van der Waals surface area (Å²) in [6.07, 6.45) is 3.67. The van der Waals surface area contributed by atoms with Crippen molar-refractivity contribution >= 4 is 35.2 Å². The Morgan fingerprint density at radius 2 is 1.90 bits per heavy atom. The van der Waals surface area contributed by atoms with Crippen LogP contribution < -0.4 is 20.8 Å². The second-order valence-electron chi connectivity index (χ2n) is 9.79. The molecule has 1 atom stereocenters. The highest BCUT2D eigenvalue weighted by Crippen LogP contribution is 2.47. The Bertz CT molecular complexity index is 1610. The molecule has 11 heteroatoms. The third kappa shape index (κ3) is 4.06. The minimum absolute atomic E-state index is 0.0317. The second kappa shape index (κ2) is 9.66. The maximum Gasteiger partial charge on any atom is 0.259 e. The van der Waals surface area contributed by atoms with Crippen molar-refractivity contribution in [1.29, 1.82) is 0 Å². The van der Waals surface area contributed by atoms with Crippen molar-refractivity contribution < 1.29 is 13.9 Å². The Labute approximate surface area is 224 Å². The molecule has 3 aromatic rings. The van der Waals surface area contributed by atoms with Gasteiger partial charge in [0.05, 0.1) is 11.1 Å². The quantitative estimate of drug-likeness (QED) is 0.323. The van der Waals surface area contributed by atoms with Crippen molar-refractivity contribution in [3.05, 3.63) is 70.9 Å². The number of guanidine groups is 1. The molecular weight excluding hydrogens is 501 g/mol. The van der Waals surface area contributed by atoms with Crippen molar-refractivity contribution in [2.24, 2.45) is 15.7 Å². The molecule has 10 nitrogen and oxygen atoms in total. The number of nitrogens with two attached hydrogens (primary N) is 1. The molecule has 2 N–H and O–H groups in total. The van der Waals surface area contributed by atoms with Gasteiger partial charge in [-0.15, -0.1) is 0 Å². The molecule has 3 aliphatic rings. The van der Waals surface area contributed by atoms with Crippen LogP contribution in [0.1, 0.15) is 16.8 Å². The highest BCUT2D eigenvalue weighted by molar-refractivity contribution is 6.01. The monoisotopic (exact) mass is 529 g/mol. The van der Waals surface area contributed by atoms with Gasteiger partial charge in [-0.2, -0.15) is 0 Å². The molecule has 0 spiro atoms. The zero-order valence-electron chi connectivity index (χ0n) is 21.3. The van der Waals surface area contributed by atoms with E-state index < -0.39 is 17.2 Å². The number of amides is 1. The van der Waals surface area contributed by atoms with Crippen LogP contribution in [-0.4, -0.2) is 78.3 Å². The van der Waals surface area contributed by atoms with Crippen LogP contribution in [-0.2, 0) is 0 Å². The summed E-state index contributed by atoms with van der Waals surface area (Å²) in [6.45, 7) is 9.85. The fourth-order valence-electron chi connectivity index (χ4n) is 5.58. The van der Waals surface area contributed by atoms with Crippen molar-refractivity contribution in [3.8, 4) is 17.2 Å². The van der Waals surface area contributed by atoms with Crippen molar-refractivity contribution in [2.75, 3.05) is 44.2 Å². The van der Waals surface area contributed by atoms with E-state index in [9.17, 15) is 9.59 Å². The maximum absolute atomic E-state index is 15.7. The number of fused-ring (bicyclic) bond motifs is 2. The first-order valence-corrected chi connectivity index (χ1v) is 12.8. The minimum atomic E-state index is -0.584. The summed E-state index contributed by atoms with van der Waals surface area (Å²) in [4.78, 5) is 40.8. The van der Waals surface area contributed by atoms with Gasteiger partial charge in [0.25, 0.3) is 5.91 Å². The summed E-state index contributed by atoms with van der Waals surface area (Å²) in [5.41, 5.74) is 6.91. The Hall–Kier alpha value is -4.51. The van der Waals surface area contributed by atoms with Gasteiger partial charge in [-0.25, -0.2) is 14.4 Å². The number of para-hydroxylation sites is 2. The third-order valence-corrected chi connectivity index (χ3v) is 7.48. The van der Waals surface area contributed by atoms with E-state index in [1.807, 2.05) is 28.0 Å². The molecule has 4 heterocycles. The first-order valence-electron chi connectivity index (χ1n) is 12.8. The van der Waals surface area contributed by atoms with Gasteiger partial charge in [0, 0.05) is 57.7 Å². The van der Waals surface area contributed by atoms with E-state index in [0.29, 0.717) is 62.2 Å². The molecule has 1 aromatic heterocycles. The van der Waals surface area contributed by atoms with E-state index in [4.69, 9.17) is 10.5 Å². The number of aromatic nitrogens is 1. The third-order valence-electron chi connectivity index (χ3n) is 7.48. The fraction of sp³-hybridized carbons (Fsp3) is 0.286. The molecule has 6 rings (SSSR count). The largest absolute Gasteiger partial charge is 0.451 e. The predicted molar refractivity (Wildman–Crippen MR) is 149 cm³/mol. The predicted octanol–water partition coefficient (Wildman–Crippen LogP) is 2.73. The average Bonchev–Trinajstić information content (AvgIpc) is 3.38. The zero-order valence-corrected chi connectivity index (χ0v) is 21.3. The van der Waals surface area contributed by atoms with E-state index in [0.717, 1.165) is 6.42 Å². The number of pyridine rings is 1. The fourth-order valence-corrected chi connectivity index (χ4v) is 5.58. The first-order chi connectivity index (χ1) is 18.9. The topological polar surface area (TPSA) is 109 Å². The van der Waals surface area contributed by atoms with Crippen LogP contribution in [0.3, 0.4) is 0 Å². The number of carbonyl (C=O) groups excluding carboxylic acids is 1. The number of anilines is 1. The highest BCUT2D eigenvalue weighted by Gasteiger charge is 2.33. The molecule has 0 saturated carbocycles. The molecular formula is C28H28FN7O3. The normalized spacial score (nSPS) is 18.7. The van der Waals surface area contributed by atoms with Gasteiger partial charge in [-0.05, 0) is 31.3 Å². The Morgan fingerprint density at radius 3 is 2.59 bits per heavy atom. The van der Waals surface area contributed by atoms with Crippen molar-refractivity contribution in [2.45, 2.75) is 12.5 Å². The number of hydrogen-bond donors (Lipinski definition) is 1. The van der Waals surface area contributed by atoms with Crippen molar-refractivity contribution in [3.63, 3.8) is 0 Å². The number of hydrogen-bond acceptors (Lipinski definition) is 6. The van der Waals surface area contributed by atoms with Gasteiger partial charge >= 0.3 is 0 Å². The molecule has 200 valence electrons. The summed E-state index contributed by atoms with van der Waals surface area (Å²) < 4.78 is 23.7. The Kier molecular flexibility index (Phi) is 6.15. The molecule has 39 heavy (non-hydrogen) atoms. The maximum atomic E-state index is 15.7. The van der Waals surface area contributed by atoms with Crippen molar-refractivity contribution in [1.82, 2.24) is 14.4 Å². The van der Waals surface area contributed by atoms with E-state index in [2.05, 4.69) is 23.3 Å². The number of piperazine rings is 1. The number of aliphatic imine (C=N–C) groups is 2. The molecule has 0 aliphatic carbocycles. The Balaban J connectivity index is 1.45. The number of carbonyl (C=O) groups is 1.